The van der Waals surface area contributed by atoms with Crippen LogP contribution in [0.15, 0.2) is 24.4 Å². The van der Waals surface area contributed by atoms with Crippen LogP contribution in [0.25, 0.3) is 11.3 Å². The summed E-state index contributed by atoms with van der Waals surface area (Å²) in [4.78, 5) is 14.7. The number of aromatic nitrogens is 2. The van der Waals surface area contributed by atoms with Crippen molar-refractivity contribution in [2.75, 3.05) is 26.3 Å². The lowest BCUT2D eigenvalue weighted by atomic mass is 10.1. The molecule has 0 unspecified atom stereocenters. The van der Waals surface area contributed by atoms with Crippen molar-refractivity contribution >= 4 is 5.91 Å². The summed E-state index contributed by atoms with van der Waals surface area (Å²) in [5.41, 5.74) is 2.22. The molecule has 0 N–H and O–H groups in total. The fourth-order valence-electron chi connectivity index (χ4n) is 3.26. The Morgan fingerprint density at radius 2 is 1.83 bits per heavy atom. The van der Waals surface area contributed by atoms with Crippen LogP contribution >= 0.6 is 0 Å². The molecule has 0 radical (unpaired) electrons. The molecule has 2 aromatic rings. The van der Waals surface area contributed by atoms with Crippen LogP contribution in [0.1, 0.15) is 29.6 Å². The van der Waals surface area contributed by atoms with Crippen molar-refractivity contribution in [3.63, 3.8) is 0 Å². The lowest BCUT2D eigenvalue weighted by Crippen LogP contribution is -2.27. The minimum absolute atomic E-state index is 0.0581. The van der Waals surface area contributed by atoms with Gasteiger partial charge in [-0.2, -0.15) is 5.10 Å². The molecule has 1 amide bonds. The van der Waals surface area contributed by atoms with Crippen molar-refractivity contribution in [1.29, 1.82) is 0 Å². The molecule has 1 aromatic carbocycles. The van der Waals surface area contributed by atoms with Gasteiger partial charge in [-0.15, -0.1) is 0 Å². The largest absolute Gasteiger partial charge is 0.490 e. The molecule has 3 heterocycles. The zero-order valence-corrected chi connectivity index (χ0v) is 13.8. The molecule has 1 fully saturated rings. The molecule has 1 saturated heterocycles. The van der Waals surface area contributed by atoms with Gasteiger partial charge in [0, 0.05) is 38.3 Å². The Labute approximate surface area is 141 Å². The van der Waals surface area contributed by atoms with Crippen molar-refractivity contribution in [3.8, 4) is 22.8 Å². The highest BCUT2D eigenvalue weighted by Crippen LogP contribution is 2.35. The SMILES string of the molecule is Cn1cc(C(=O)N2CCCC2)c(-c2ccc3c(c2)OCCCO3)n1. The first-order chi connectivity index (χ1) is 11.7. The monoisotopic (exact) mass is 327 g/mol. The van der Waals surface area contributed by atoms with Gasteiger partial charge in [0.15, 0.2) is 11.5 Å². The predicted molar refractivity (Wildman–Crippen MR) is 89.4 cm³/mol. The van der Waals surface area contributed by atoms with Gasteiger partial charge in [-0.05, 0) is 31.0 Å². The molecule has 2 aliphatic heterocycles. The van der Waals surface area contributed by atoms with E-state index < -0.39 is 0 Å². The lowest BCUT2D eigenvalue weighted by molar-refractivity contribution is 0.0793. The first-order valence-corrected chi connectivity index (χ1v) is 8.45. The summed E-state index contributed by atoms with van der Waals surface area (Å²) < 4.78 is 13.1. The summed E-state index contributed by atoms with van der Waals surface area (Å²) in [7, 11) is 1.84. The minimum atomic E-state index is 0.0581. The third kappa shape index (κ3) is 2.72. The van der Waals surface area contributed by atoms with Gasteiger partial charge in [0.05, 0.1) is 18.8 Å². The molecule has 24 heavy (non-hydrogen) atoms. The van der Waals surface area contributed by atoms with Crippen molar-refractivity contribution in [2.24, 2.45) is 7.05 Å². The van der Waals surface area contributed by atoms with Crippen LogP contribution in [0.4, 0.5) is 0 Å². The number of benzene rings is 1. The molecule has 1 aromatic heterocycles. The second kappa shape index (κ2) is 6.19. The van der Waals surface area contributed by atoms with Gasteiger partial charge >= 0.3 is 0 Å². The fourth-order valence-corrected chi connectivity index (χ4v) is 3.26. The van der Waals surface area contributed by atoms with Gasteiger partial charge in [-0.25, -0.2) is 0 Å². The highest BCUT2D eigenvalue weighted by atomic mass is 16.5. The fraction of sp³-hybridized carbons (Fsp3) is 0.444. The van der Waals surface area contributed by atoms with Crippen molar-refractivity contribution in [1.82, 2.24) is 14.7 Å². The number of nitrogens with zero attached hydrogens (tertiary/aromatic N) is 3. The molecule has 0 bridgehead atoms. The molecule has 0 saturated carbocycles. The second-order valence-electron chi connectivity index (χ2n) is 6.28. The summed E-state index contributed by atoms with van der Waals surface area (Å²) in [5.74, 6) is 1.53. The highest BCUT2D eigenvalue weighted by molar-refractivity contribution is 6.00. The molecule has 6 nitrogen and oxygen atoms in total. The smallest absolute Gasteiger partial charge is 0.257 e. The van der Waals surface area contributed by atoms with E-state index >= 15 is 0 Å². The molecule has 6 heteroatoms. The van der Waals surface area contributed by atoms with E-state index in [1.54, 1.807) is 10.9 Å². The summed E-state index contributed by atoms with van der Waals surface area (Å²) in [6, 6.07) is 5.76. The maximum Gasteiger partial charge on any atom is 0.257 e. The summed E-state index contributed by atoms with van der Waals surface area (Å²) in [6.45, 7) is 2.95. The van der Waals surface area contributed by atoms with Crippen LogP contribution in [0.5, 0.6) is 11.5 Å². The maximum atomic E-state index is 12.8. The summed E-state index contributed by atoms with van der Waals surface area (Å²) in [5, 5.41) is 4.52. The van der Waals surface area contributed by atoms with E-state index in [1.807, 2.05) is 30.1 Å². The van der Waals surface area contributed by atoms with E-state index in [2.05, 4.69) is 5.10 Å². The number of aryl methyl sites for hydroxylation is 1. The quantitative estimate of drug-likeness (QED) is 0.850. The predicted octanol–water partition coefficient (Wildman–Crippen LogP) is 2.48. The summed E-state index contributed by atoms with van der Waals surface area (Å²) in [6.07, 6.45) is 4.82. The number of fused-ring (bicyclic) bond motifs is 1. The Balaban J connectivity index is 1.71. The first-order valence-electron chi connectivity index (χ1n) is 8.45. The number of rotatable bonds is 2. The number of hydrogen-bond donors (Lipinski definition) is 0. The van der Waals surface area contributed by atoms with Crippen LogP contribution in [0.3, 0.4) is 0 Å². The molecule has 0 aliphatic carbocycles. The van der Waals surface area contributed by atoms with E-state index in [4.69, 9.17) is 9.47 Å². The Morgan fingerprint density at radius 1 is 1.08 bits per heavy atom. The Kier molecular flexibility index (Phi) is 3.88. The van der Waals surface area contributed by atoms with E-state index in [0.29, 0.717) is 24.5 Å². The minimum Gasteiger partial charge on any atom is -0.490 e. The molecule has 4 rings (SSSR count). The number of carbonyl (C=O) groups is 1. The second-order valence-corrected chi connectivity index (χ2v) is 6.28. The topological polar surface area (TPSA) is 56.6 Å². The normalized spacial score (nSPS) is 17.0. The standard InChI is InChI=1S/C18H21N3O3/c1-20-12-14(18(22)21-7-2-3-8-21)17(19-20)13-5-6-15-16(11-13)24-10-4-9-23-15/h5-6,11-12H,2-4,7-10H2,1H3. The van der Waals surface area contributed by atoms with Gasteiger partial charge in [0.1, 0.15) is 5.69 Å². The lowest BCUT2D eigenvalue weighted by Gasteiger charge is -2.15. The molecular weight excluding hydrogens is 306 g/mol. The molecule has 0 atom stereocenters. The van der Waals surface area contributed by atoms with Crippen LogP contribution in [0.2, 0.25) is 0 Å². The van der Waals surface area contributed by atoms with Crippen molar-refractivity contribution < 1.29 is 14.3 Å². The number of hydrogen-bond acceptors (Lipinski definition) is 4. The van der Waals surface area contributed by atoms with Gasteiger partial charge in [0.25, 0.3) is 5.91 Å². The van der Waals surface area contributed by atoms with Crippen LogP contribution < -0.4 is 9.47 Å². The third-order valence-electron chi connectivity index (χ3n) is 4.47. The zero-order chi connectivity index (χ0) is 16.5. The maximum absolute atomic E-state index is 12.8. The number of ether oxygens (including phenoxy) is 2. The van der Waals surface area contributed by atoms with Gasteiger partial charge < -0.3 is 14.4 Å². The summed E-state index contributed by atoms with van der Waals surface area (Å²) >= 11 is 0. The highest BCUT2D eigenvalue weighted by Gasteiger charge is 2.25. The van der Waals surface area contributed by atoms with E-state index in [1.165, 1.54) is 0 Å². The Bertz CT molecular complexity index is 763. The Hall–Kier alpha value is -2.50. The first kappa shape index (κ1) is 15.1. The van der Waals surface area contributed by atoms with Gasteiger partial charge in [-0.3, -0.25) is 9.48 Å². The number of likely N-dealkylation sites (tertiary alicyclic amines) is 1. The molecule has 126 valence electrons. The van der Waals surface area contributed by atoms with E-state index in [0.717, 1.165) is 49.4 Å². The molecule has 2 aliphatic rings. The van der Waals surface area contributed by atoms with E-state index in [9.17, 15) is 4.79 Å². The number of amides is 1. The van der Waals surface area contributed by atoms with E-state index in [-0.39, 0.29) is 5.91 Å². The van der Waals surface area contributed by atoms with Crippen LogP contribution in [0, 0.1) is 0 Å². The zero-order valence-electron chi connectivity index (χ0n) is 13.8. The molecular formula is C18H21N3O3. The van der Waals surface area contributed by atoms with Gasteiger partial charge in [0.2, 0.25) is 0 Å². The third-order valence-corrected chi connectivity index (χ3v) is 4.47. The average molecular weight is 327 g/mol. The Morgan fingerprint density at radius 3 is 2.62 bits per heavy atom. The number of carbonyl (C=O) groups excluding carboxylic acids is 1. The van der Waals surface area contributed by atoms with Crippen LogP contribution in [-0.2, 0) is 7.05 Å². The van der Waals surface area contributed by atoms with Crippen molar-refractivity contribution in [2.45, 2.75) is 19.3 Å². The molecule has 0 spiro atoms. The van der Waals surface area contributed by atoms with Crippen LogP contribution in [-0.4, -0.2) is 46.9 Å². The van der Waals surface area contributed by atoms with Crippen molar-refractivity contribution in [3.05, 3.63) is 30.0 Å². The van der Waals surface area contributed by atoms with Gasteiger partial charge in [-0.1, -0.05) is 0 Å². The average Bonchev–Trinajstić information content (AvgIpc) is 3.19.